The van der Waals surface area contributed by atoms with E-state index in [0.717, 1.165) is 5.56 Å². The van der Waals surface area contributed by atoms with Crippen LogP contribution in [0.2, 0.25) is 0 Å². The summed E-state index contributed by atoms with van der Waals surface area (Å²) in [6, 6.07) is 8.12. The number of hydrogen-bond acceptors (Lipinski definition) is 4. The fraction of sp³-hybridized carbons (Fsp3) is 0.500. The van der Waals surface area contributed by atoms with Crippen LogP contribution >= 0.6 is 23.2 Å². The van der Waals surface area contributed by atoms with Crippen LogP contribution in [0.15, 0.2) is 30.3 Å². The molecule has 2 atom stereocenters. The Morgan fingerprint density at radius 3 is 2.17 bits per heavy atom. The minimum Gasteiger partial charge on any atom is -0.298 e. The summed E-state index contributed by atoms with van der Waals surface area (Å²) in [7, 11) is 0. The van der Waals surface area contributed by atoms with Gasteiger partial charge in [0, 0.05) is 24.7 Å². The van der Waals surface area contributed by atoms with E-state index in [9.17, 15) is 19.7 Å². The van der Waals surface area contributed by atoms with Gasteiger partial charge in [0.1, 0.15) is 9.75 Å². The third kappa shape index (κ3) is 2.13. The molecule has 2 saturated carbocycles. The highest BCUT2D eigenvalue weighted by atomic mass is 35.5. The van der Waals surface area contributed by atoms with E-state index in [1.165, 1.54) is 6.92 Å². The van der Waals surface area contributed by atoms with Crippen molar-refractivity contribution in [3.05, 3.63) is 46.0 Å². The van der Waals surface area contributed by atoms with E-state index in [1.807, 2.05) is 30.3 Å². The normalized spacial score (nSPS) is 33.5. The Balaban J connectivity index is 1.91. The highest BCUT2D eigenvalue weighted by Crippen LogP contribution is 2.73. The van der Waals surface area contributed by atoms with Crippen molar-refractivity contribution in [2.75, 3.05) is 0 Å². The van der Waals surface area contributed by atoms with Gasteiger partial charge in [0.05, 0.1) is 5.92 Å². The van der Waals surface area contributed by atoms with E-state index < -0.39 is 26.6 Å². The molecule has 2 aliphatic carbocycles. The monoisotopic (exact) mass is 355 g/mol. The second-order valence-electron chi connectivity index (χ2n) is 6.30. The molecule has 7 heteroatoms. The smallest absolute Gasteiger partial charge is 0.217 e. The number of ketones is 2. The minimum absolute atomic E-state index is 0.123. The number of carbonyl (C=O) groups excluding carboxylic acids is 2. The molecule has 0 aliphatic heterocycles. The first-order chi connectivity index (χ1) is 10.7. The van der Waals surface area contributed by atoms with Crippen LogP contribution < -0.4 is 0 Å². The maximum atomic E-state index is 12.7. The fourth-order valence-electron chi connectivity index (χ4n) is 3.89. The fourth-order valence-corrected chi connectivity index (χ4v) is 5.13. The molecule has 0 heterocycles. The lowest BCUT2D eigenvalue weighted by Crippen LogP contribution is -2.40. The molecule has 122 valence electrons. The summed E-state index contributed by atoms with van der Waals surface area (Å²) in [5.74, 6) is -1.96. The van der Waals surface area contributed by atoms with Gasteiger partial charge in [-0.05, 0) is 11.5 Å². The van der Waals surface area contributed by atoms with E-state index in [0.29, 0.717) is 0 Å². The van der Waals surface area contributed by atoms with Crippen molar-refractivity contribution >= 4 is 34.8 Å². The number of rotatable bonds is 3. The topological polar surface area (TPSA) is 77.3 Å². The van der Waals surface area contributed by atoms with Crippen LogP contribution in [0, 0.1) is 21.4 Å². The molecule has 0 N–H and O–H groups in total. The summed E-state index contributed by atoms with van der Waals surface area (Å²) >= 11 is 12.4. The van der Waals surface area contributed by atoms with Crippen LogP contribution in [0.25, 0.3) is 0 Å². The van der Waals surface area contributed by atoms with Gasteiger partial charge in [-0.1, -0.05) is 53.5 Å². The van der Waals surface area contributed by atoms with Crippen molar-refractivity contribution in [3.63, 3.8) is 0 Å². The summed E-state index contributed by atoms with van der Waals surface area (Å²) in [5, 5.41) is 11.1. The maximum absolute atomic E-state index is 12.7. The first-order valence-corrected chi connectivity index (χ1v) is 8.13. The van der Waals surface area contributed by atoms with Crippen molar-refractivity contribution in [1.29, 1.82) is 0 Å². The third-order valence-electron chi connectivity index (χ3n) is 5.13. The summed E-state index contributed by atoms with van der Waals surface area (Å²) < 4.78 is -1.69. The Bertz CT molecular complexity index is 671. The second kappa shape index (κ2) is 5.28. The number of alkyl halides is 2. The molecule has 5 nitrogen and oxygen atoms in total. The van der Waals surface area contributed by atoms with Crippen molar-refractivity contribution in [2.24, 2.45) is 11.3 Å². The first kappa shape index (κ1) is 16.4. The molecule has 2 aliphatic rings. The molecule has 1 aromatic carbocycles. The number of nitrogens with zero attached hydrogens (tertiary/aromatic N) is 1. The standard InChI is InChI=1S/C16H15Cl2NO4/c1-9(19(22)23)14-15(16(14,17)18)12(20)7-11(8-13(15)21)10-5-3-2-4-6-10/h2-6,9,11,14H,7-8H2,1H3/t9-,11?,14-,15?/m1/s1. The van der Waals surface area contributed by atoms with Crippen LogP contribution in [0.4, 0.5) is 0 Å². The molecule has 0 saturated heterocycles. The van der Waals surface area contributed by atoms with E-state index in [4.69, 9.17) is 23.2 Å². The maximum Gasteiger partial charge on any atom is 0.217 e. The number of hydrogen-bond donors (Lipinski definition) is 0. The van der Waals surface area contributed by atoms with Gasteiger partial charge >= 0.3 is 0 Å². The Hall–Kier alpha value is -1.46. The van der Waals surface area contributed by atoms with Gasteiger partial charge in [0.25, 0.3) is 0 Å². The lowest BCUT2D eigenvalue weighted by molar-refractivity contribution is -0.523. The zero-order valence-corrected chi connectivity index (χ0v) is 13.9. The van der Waals surface area contributed by atoms with E-state index >= 15 is 0 Å². The van der Waals surface area contributed by atoms with Gasteiger partial charge in [-0.15, -0.1) is 0 Å². The first-order valence-electron chi connectivity index (χ1n) is 7.37. The van der Waals surface area contributed by atoms with Gasteiger partial charge in [0.2, 0.25) is 6.04 Å². The van der Waals surface area contributed by atoms with Gasteiger partial charge in [-0.2, -0.15) is 0 Å². The van der Waals surface area contributed by atoms with Crippen LogP contribution in [-0.4, -0.2) is 26.9 Å². The summed E-state index contributed by atoms with van der Waals surface area (Å²) in [6.07, 6.45) is 0.246. The molecule has 0 unspecified atom stereocenters. The summed E-state index contributed by atoms with van der Waals surface area (Å²) in [4.78, 5) is 35.9. The molecule has 23 heavy (non-hydrogen) atoms. The molecule has 3 rings (SSSR count). The molecule has 0 aromatic heterocycles. The van der Waals surface area contributed by atoms with Crippen LogP contribution in [-0.2, 0) is 9.59 Å². The van der Waals surface area contributed by atoms with Crippen LogP contribution in [0.3, 0.4) is 0 Å². The summed E-state index contributed by atoms with van der Waals surface area (Å²) in [6.45, 7) is 1.34. The zero-order chi connectivity index (χ0) is 17.0. The molecule has 1 aromatic rings. The van der Waals surface area contributed by atoms with E-state index in [1.54, 1.807) is 0 Å². The average Bonchev–Trinajstić information content (AvgIpc) is 3.02. The molecule has 0 bridgehead atoms. The van der Waals surface area contributed by atoms with Crippen molar-refractivity contribution in [2.45, 2.75) is 36.1 Å². The highest BCUT2D eigenvalue weighted by Gasteiger charge is 2.87. The zero-order valence-electron chi connectivity index (χ0n) is 12.4. The summed E-state index contributed by atoms with van der Waals surface area (Å²) in [5.41, 5.74) is -0.716. The lowest BCUT2D eigenvalue weighted by atomic mass is 9.73. The number of benzene rings is 1. The average molecular weight is 356 g/mol. The number of halogens is 2. The quantitative estimate of drug-likeness (QED) is 0.361. The minimum atomic E-state index is -1.69. The predicted molar refractivity (Wildman–Crippen MR) is 85.2 cm³/mol. The molecule has 0 amide bonds. The van der Waals surface area contributed by atoms with Crippen molar-refractivity contribution < 1.29 is 14.5 Å². The highest BCUT2D eigenvalue weighted by molar-refractivity contribution is 6.56. The van der Waals surface area contributed by atoms with E-state index in [-0.39, 0.29) is 30.3 Å². The molecule has 1 spiro atoms. The molecular weight excluding hydrogens is 341 g/mol. The van der Waals surface area contributed by atoms with Crippen LogP contribution in [0.5, 0.6) is 0 Å². The number of carbonyl (C=O) groups is 2. The number of nitro groups is 1. The van der Waals surface area contributed by atoms with Crippen molar-refractivity contribution in [1.82, 2.24) is 0 Å². The van der Waals surface area contributed by atoms with Gasteiger partial charge in [-0.25, -0.2) is 0 Å². The predicted octanol–water partition coefficient (Wildman–Crippen LogP) is 3.16. The van der Waals surface area contributed by atoms with E-state index in [2.05, 4.69) is 0 Å². The largest absolute Gasteiger partial charge is 0.298 e. The SMILES string of the molecule is C[C@H]([C@H]1C(Cl)(Cl)C12C(=O)CC(c1ccccc1)CC2=O)[N+](=O)[O-]. The Kier molecular flexibility index (Phi) is 3.76. The Morgan fingerprint density at radius 2 is 1.70 bits per heavy atom. The Labute approximate surface area is 143 Å². The Morgan fingerprint density at radius 1 is 1.17 bits per heavy atom. The van der Waals surface area contributed by atoms with Gasteiger partial charge < -0.3 is 0 Å². The van der Waals surface area contributed by atoms with Gasteiger partial charge in [0.15, 0.2) is 11.6 Å². The number of Topliss-reactive ketones (excluding diaryl/α,β-unsaturated/α-hetero) is 2. The lowest BCUT2D eigenvalue weighted by Gasteiger charge is -2.28. The second-order valence-corrected chi connectivity index (χ2v) is 7.68. The third-order valence-corrected chi connectivity index (χ3v) is 6.20. The molecular formula is C16H15Cl2NO4. The van der Waals surface area contributed by atoms with Gasteiger partial charge in [-0.3, -0.25) is 19.7 Å². The van der Waals surface area contributed by atoms with Crippen molar-refractivity contribution in [3.8, 4) is 0 Å². The van der Waals surface area contributed by atoms with Crippen LogP contribution in [0.1, 0.15) is 31.2 Å². The molecule has 2 fully saturated rings. The molecule has 0 radical (unpaired) electrons.